The highest BCUT2D eigenvalue weighted by Gasteiger charge is 2.17. The van der Waals surface area contributed by atoms with E-state index < -0.39 is 0 Å². The summed E-state index contributed by atoms with van der Waals surface area (Å²) in [5.41, 5.74) is 0.821. The Hall–Kier alpha value is -1.17. The molecule has 118 valence electrons. The topological polar surface area (TPSA) is 39.7 Å². The molecule has 0 aliphatic carbocycles. The van der Waals surface area contributed by atoms with Gasteiger partial charge in [0, 0.05) is 32.4 Å². The second kappa shape index (κ2) is 8.97. The quantitative estimate of drug-likeness (QED) is 0.749. The molecule has 1 atom stereocenters. The molecule has 1 heterocycles. The predicted octanol–water partition coefficient (Wildman–Crippen LogP) is 2.51. The number of halogens is 1. The zero-order chi connectivity index (χ0) is 14.9. The van der Waals surface area contributed by atoms with Gasteiger partial charge >= 0.3 is 0 Å². The number of hydrogen-bond donors (Lipinski definition) is 1. The molecule has 1 aliphatic rings. The third-order valence-electron chi connectivity index (χ3n) is 3.53. The fourth-order valence-electron chi connectivity index (χ4n) is 2.37. The molecule has 1 N–H and O–H groups in total. The summed E-state index contributed by atoms with van der Waals surface area (Å²) in [6.45, 7) is 3.09. The highest BCUT2D eigenvalue weighted by molar-refractivity contribution is 5.35. The number of methoxy groups -OCH3 is 1. The molecule has 1 unspecified atom stereocenters. The van der Waals surface area contributed by atoms with E-state index in [1.807, 2.05) is 6.07 Å². The van der Waals surface area contributed by atoms with Gasteiger partial charge in [0.1, 0.15) is 6.61 Å². The molecule has 1 saturated heterocycles. The molecule has 0 spiro atoms. The first-order valence-corrected chi connectivity index (χ1v) is 7.52. The molecule has 1 aromatic rings. The average Bonchev–Trinajstić information content (AvgIpc) is 2.52. The fourth-order valence-corrected chi connectivity index (χ4v) is 2.37. The van der Waals surface area contributed by atoms with Crippen molar-refractivity contribution in [3.8, 4) is 5.75 Å². The molecule has 1 fully saturated rings. The van der Waals surface area contributed by atoms with Gasteiger partial charge in [-0.2, -0.15) is 0 Å². The van der Waals surface area contributed by atoms with Crippen LogP contribution < -0.4 is 10.1 Å². The summed E-state index contributed by atoms with van der Waals surface area (Å²) >= 11 is 0. The molecule has 0 saturated carbocycles. The van der Waals surface area contributed by atoms with Gasteiger partial charge < -0.3 is 19.5 Å². The summed E-state index contributed by atoms with van der Waals surface area (Å²) in [6, 6.07) is 5.00. The van der Waals surface area contributed by atoms with Gasteiger partial charge in [-0.1, -0.05) is 12.1 Å². The van der Waals surface area contributed by atoms with E-state index in [1.165, 1.54) is 6.07 Å². The van der Waals surface area contributed by atoms with Crippen LogP contribution in [0.25, 0.3) is 0 Å². The number of rotatable bonds is 8. The van der Waals surface area contributed by atoms with Gasteiger partial charge in [0.25, 0.3) is 0 Å². The Morgan fingerprint density at radius 1 is 1.38 bits per heavy atom. The maximum atomic E-state index is 14.0. The monoisotopic (exact) mass is 297 g/mol. The minimum Gasteiger partial charge on any atom is -0.487 e. The summed E-state index contributed by atoms with van der Waals surface area (Å²) in [6.07, 6.45) is 3.31. The Morgan fingerprint density at radius 2 is 2.29 bits per heavy atom. The second-order valence-electron chi connectivity index (χ2n) is 5.20. The minimum absolute atomic E-state index is 0.0765. The van der Waals surface area contributed by atoms with Crippen LogP contribution in [-0.4, -0.2) is 39.6 Å². The van der Waals surface area contributed by atoms with Crippen molar-refractivity contribution in [2.75, 3.05) is 33.5 Å². The van der Waals surface area contributed by atoms with E-state index in [2.05, 4.69) is 5.32 Å². The number of hydrogen-bond acceptors (Lipinski definition) is 4. The van der Waals surface area contributed by atoms with Crippen molar-refractivity contribution in [2.24, 2.45) is 0 Å². The normalized spacial score (nSPS) is 18.7. The molecule has 0 amide bonds. The first-order chi connectivity index (χ1) is 10.3. The van der Waals surface area contributed by atoms with Crippen LogP contribution in [-0.2, 0) is 16.0 Å². The summed E-state index contributed by atoms with van der Waals surface area (Å²) in [7, 11) is 1.66. The van der Waals surface area contributed by atoms with E-state index >= 15 is 0 Å². The van der Waals surface area contributed by atoms with E-state index in [0.717, 1.165) is 38.0 Å². The Bertz CT molecular complexity index is 422. The van der Waals surface area contributed by atoms with Crippen LogP contribution in [0.1, 0.15) is 24.8 Å². The van der Waals surface area contributed by atoms with Crippen LogP contribution >= 0.6 is 0 Å². The Labute approximate surface area is 125 Å². The lowest BCUT2D eigenvalue weighted by Gasteiger charge is -2.23. The fraction of sp³-hybridized carbons (Fsp3) is 0.625. The van der Waals surface area contributed by atoms with Crippen molar-refractivity contribution in [3.63, 3.8) is 0 Å². The van der Waals surface area contributed by atoms with Gasteiger partial charge in [0.2, 0.25) is 0 Å². The van der Waals surface area contributed by atoms with E-state index in [0.29, 0.717) is 25.5 Å². The van der Waals surface area contributed by atoms with Crippen LogP contribution in [0.5, 0.6) is 5.75 Å². The van der Waals surface area contributed by atoms with Crippen LogP contribution in [0, 0.1) is 5.82 Å². The van der Waals surface area contributed by atoms with Gasteiger partial charge in [0.15, 0.2) is 11.6 Å². The summed E-state index contributed by atoms with van der Waals surface area (Å²) < 4.78 is 30.2. The molecule has 4 nitrogen and oxygen atoms in total. The number of para-hydroxylation sites is 1. The van der Waals surface area contributed by atoms with E-state index in [-0.39, 0.29) is 11.9 Å². The lowest BCUT2D eigenvalue weighted by molar-refractivity contribution is -0.0119. The highest BCUT2D eigenvalue weighted by atomic mass is 19.1. The van der Waals surface area contributed by atoms with Crippen LogP contribution in [0.15, 0.2) is 18.2 Å². The Balaban J connectivity index is 1.89. The summed E-state index contributed by atoms with van der Waals surface area (Å²) in [4.78, 5) is 0. The van der Waals surface area contributed by atoms with E-state index in [4.69, 9.17) is 14.2 Å². The number of benzene rings is 1. The van der Waals surface area contributed by atoms with E-state index in [1.54, 1.807) is 13.2 Å². The molecule has 5 heteroatoms. The van der Waals surface area contributed by atoms with Gasteiger partial charge in [-0.05, 0) is 25.3 Å². The van der Waals surface area contributed by atoms with E-state index in [9.17, 15) is 4.39 Å². The first kappa shape index (κ1) is 16.2. The largest absolute Gasteiger partial charge is 0.487 e. The molecule has 21 heavy (non-hydrogen) atoms. The third kappa shape index (κ3) is 5.26. The third-order valence-corrected chi connectivity index (χ3v) is 3.53. The minimum atomic E-state index is -0.322. The van der Waals surface area contributed by atoms with Gasteiger partial charge in [-0.15, -0.1) is 0 Å². The molecular formula is C16H24FNO3. The Kier molecular flexibility index (Phi) is 6.92. The van der Waals surface area contributed by atoms with Gasteiger partial charge in [-0.25, -0.2) is 4.39 Å². The van der Waals surface area contributed by atoms with Crippen molar-refractivity contribution in [2.45, 2.75) is 31.9 Å². The first-order valence-electron chi connectivity index (χ1n) is 7.52. The maximum Gasteiger partial charge on any atom is 0.165 e. The van der Waals surface area contributed by atoms with Crippen molar-refractivity contribution in [1.29, 1.82) is 0 Å². The lowest BCUT2D eigenvalue weighted by Crippen LogP contribution is -2.26. The molecule has 0 aromatic heterocycles. The molecular weight excluding hydrogens is 273 g/mol. The molecule has 1 aromatic carbocycles. The summed E-state index contributed by atoms with van der Waals surface area (Å²) in [5, 5.41) is 3.21. The number of ether oxygens (including phenoxy) is 3. The SMILES string of the molecule is COCCNCc1cccc(F)c1OCC1CCCCO1. The Morgan fingerprint density at radius 3 is 3.05 bits per heavy atom. The molecule has 2 rings (SSSR count). The standard InChI is InChI=1S/C16H24FNO3/c1-19-10-8-18-11-13-5-4-7-15(17)16(13)21-12-14-6-2-3-9-20-14/h4-5,7,14,18H,2-3,6,8-12H2,1H3. The van der Waals surface area contributed by atoms with Gasteiger partial charge in [0.05, 0.1) is 12.7 Å². The van der Waals surface area contributed by atoms with Crippen molar-refractivity contribution in [3.05, 3.63) is 29.6 Å². The zero-order valence-electron chi connectivity index (χ0n) is 12.6. The smallest absolute Gasteiger partial charge is 0.165 e. The predicted molar refractivity (Wildman–Crippen MR) is 79.1 cm³/mol. The van der Waals surface area contributed by atoms with Crippen LogP contribution in [0.4, 0.5) is 4.39 Å². The molecule has 1 aliphatic heterocycles. The second-order valence-corrected chi connectivity index (χ2v) is 5.20. The van der Waals surface area contributed by atoms with Crippen molar-refractivity contribution >= 4 is 0 Å². The van der Waals surface area contributed by atoms with Crippen molar-refractivity contribution in [1.82, 2.24) is 5.32 Å². The lowest BCUT2D eigenvalue weighted by atomic mass is 10.1. The molecule has 0 bridgehead atoms. The number of nitrogens with one attached hydrogen (secondary N) is 1. The van der Waals surface area contributed by atoms with Crippen LogP contribution in [0.2, 0.25) is 0 Å². The van der Waals surface area contributed by atoms with Crippen LogP contribution in [0.3, 0.4) is 0 Å². The molecule has 0 radical (unpaired) electrons. The van der Waals surface area contributed by atoms with Crippen molar-refractivity contribution < 1.29 is 18.6 Å². The zero-order valence-corrected chi connectivity index (χ0v) is 12.6. The summed E-state index contributed by atoms with van der Waals surface area (Å²) in [5.74, 6) is 0.00782. The maximum absolute atomic E-state index is 14.0. The van der Waals surface area contributed by atoms with Gasteiger partial charge in [-0.3, -0.25) is 0 Å². The highest BCUT2D eigenvalue weighted by Crippen LogP contribution is 2.24. The average molecular weight is 297 g/mol.